The Bertz CT molecular complexity index is 358. The second kappa shape index (κ2) is 7.55. The molecule has 1 amide bonds. The van der Waals surface area contributed by atoms with Crippen molar-refractivity contribution < 1.29 is 9.00 Å². The van der Waals surface area contributed by atoms with Crippen LogP contribution in [0, 0.1) is 11.8 Å². The van der Waals surface area contributed by atoms with Gasteiger partial charge in [-0.25, -0.2) is 0 Å². The first-order chi connectivity index (χ1) is 9.22. The molecule has 1 N–H and O–H groups in total. The Hall–Kier alpha value is -0.420. The van der Waals surface area contributed by atoms with Crippen molar-refractivity contribution in [2.45, 2.75) is 65.7 Å². The van der Waals surface area contributed by atoms with Gasteiger partial charge in [0, 0.05) is 28.9 Å². The van der Waals surface area contributed by atoms with Crippen molar-refractivity contribution in [3.8, 4) is 0 Å². The van der Waals surface area contributed by atoms with Gasteiger partial charge in [0.15, 0.2) is 0 Å². The Kier molecular flexibility index (Phi) is 6.65. The molecule has 5 heteroatoms. The van der Waals surface area contributed by atoms with Crippen LogP contribution in [0.15, 0.2) is 0 Å². The van der Waals surface area contributed by atoms with Crippen LogP contribution in [0.25, 0.3) is 0 Å². The van der Waals surface area contributed by atoms with Gasteiger partial charge in [0.2, 0.25) is 5.91 Å². The van der Waals surface area contributed by atoms with Crippen LogP contribution in [0.2, 0.25) is 0 Å². The molecule has 0 saturated carbocycles. The van der Waals surface area contributed by atoms with Crippen molar-refractivity contribution in [2.24, 2.45) is 11.8 Å². The molecule has 1 fully saturated rings. The summed E-state index contributed by atoms with van der Waals surface area (Å²) in [5.41, 5.74) is 0. The zero-order chi connectivity index (χ0) is 15.4. The fourth-order valence-electron chi connectivity index (χ4n) is 2.93. The zero-order valence-electron chi connectivity index (χ0n) is 13.7. The lowest BCUT2D eigenvalue weighted by molar-refractivity contribution is -0.132. The van der Waals surface area contributed by atoms with Gasteiger partial charge in [-0.1, -0.05) is 27.7 Å². The third-order valence-electron chi connectivity index (χ3n) is 3.63. The van der Waals surface area contributed by atoms with E-state index < -0.39 is 10.8 Å². The highest BCUT2D eigenvalue weighted by atomic mass is 32.2. The first-order valence-corrected chi connectivity index (χ1v) is 9.33. The van der Waals surface area contributed by atoms with Gasteiger partial charge in [-0.05, 0) is 31.6 Å². The lowest BCUT2D eigenvalue weighted by atomic mass is 10.0. The van der Waals surface area contributed by atoms with Crippen molar-refractivity contribution in [1.82, 2.24) is 10.2 Å². The van der Waals surface area contributed by atoms with E-state index in [-0.39, 0.29) is 24.2 Å². The summed E-state index contributed by atoms with van der Waals surface area (Å²) < 4.78 is 11.5. The fraction of sp³-hybridized carbons (Fsp3) is 0.933. The number of nitrogens with zero attached hydrogens (tertiary/aromatic N) is 1. The monoisotopic (exact) mass is 302 g/mol. The largest absolute Gasteiger partial charge is 0.322 e. The van der Waals surface area contributed by atoms with Crippen LogP contribution in [0.1, 0.15) is 47.5 Å². The minimum atomic E-state index is -0.878. The average Bonchev–Trinajstić information content (AvgIpc) is 2.52. The maximum absolute atomic E-state index is 12.6. The van der Waals surface area contributed by atoms with E-state index in [2.05, 4.69) is 33.0 Å². The van der Waals surface area contributed by atoms with Crippen molar-refractivity contribution in [3.05, 3.63) is 0 Å². The summed E-state index contributed by atoms with van der Waals surface area (Å²) in [6, 6.07) is -0.0479. The number of carbonyl (C=O) groups is 1. The minimum absolute atomic E-state index is 0.0294. The molecule has 1 heterocycles. The third-order valence-corrected chi connectivity index (χ3v) is 4.59. The first kappa shape index (κ1) is 17.6. The number of nitrogens with one attached hydrogen (secondary N) is 1. The standard InChI is InChI=1S/C15H30N2O2S/c1-10(2)7-13-15(18)17(12(5)9-20(6)19)14(16-13)8-11(3)4/h10-14,16H,7-9H2,1-6H3. The number of amides is 1. The molecule has 0 bridgehead atoms. The highest BCUT2D eigenvalue weighted by molar-refractivity contribution is 7.84. The highest BCUT2D eigenvalue weighted by Gasteiger charge is 2.41. The van der Waals surface area contributed by atoms with Gasteiger partial charge in [0.1, 0.15) is 0 Å². The SMILES string of the molecule is CC(C)CC1NC(CC(C)C)N(C(C)CS(C)=O)C1=O. The predicted octanol–water partition coefficient (Wildman–Crippen LogP) is 1.97. The van der Waals surface area contributed by atoms with Crippen LogP contribution >= 0.6 is 0 Å². The van der Waals surface area contributed by atoms with Crippen LogP contribution < -0.4 is 5.32 Å². The molecule has 4 unspecified atom stereocenters. The quantitative estimate of drug-likeness (QED) is 0.782. The lowest BCUT2D eigenvalue weighted by Gasteiger charge is -2.31. The fourth-order valence-corrected chi connectivity index (χ4v) is 3.77. The molecule has 0 aromatic heterocycles. The number of carbonyl (C=O) groups excluding carboxylic acids is 1. The van der Waals surface area contributed by atoms with E-state index in [0.717, 1.165) is 12.8 Å². The molecule has 0 radical (unpaired) electrons. The third kappa shape index (κ3) is 4.85. The number of hydrogen-bond acceptors (Lipinski definition) is 3. The summed E-state index contributed by atoms with van der Waals surface area (Å²) in [6.45, 7) is 10.6. The summed E-state index contributed by atoms with van der Waals surface area (Å²) in [5, 5.41) is 3.49. The highest BCUT2D eigenvalue weighted by Crippen LogP contribution is 2.23. The van der Waals surface area contributed by atoms with E-state index in [9.17, 15) is 9.00 Å². The van der Waals surface area contributed by atoms with Crippen LogP contribution in [-0.4, -0.2) is 45.3 Å². The maximum Gasteiger partial charge on any atom is 0.241 e. The minimum Gasteiger partial charge on any atom is -0.322 e. The van der Waals surface area contributed by atoms with Crippen LogP contribution in [0.4, 0.5) is 0 Å². The normalized spacial score (nSPS) is 26.6. The molecule has 0 aromatic carbocycles. The van der Waals surface area contributed by atoms with Gasteiger partial charge < -0.3 is 4.90 Å². The average molecular weight is 302 g/mol. The Morgan fingerprint density at radius 1 is 1.15 bits per heavy atom. The van der Waals surface area contributed by atoms with Crippen molar-refractivity contribution in [2.75, 3.05) is 12.0 Å². The van der Waals surface area contributed by atoms with Crippen molar-refractivity contribution in [1.29, 1.82) is 0 Å². The summed E-state index contributed by atoms with van der Waals surface area (Å²) in [7, 11) is -0.878. The first-order valence-electron chi connectivity index (χ1n) is 7.60. The summed E-state index contributed by atoms with van der Waals surface area (Å²) in [5.74, 6) is 1.75. The van der Waals surface area contributed by atoms with Gasteiger partial charge in [0.05, 0.1) is 12.2 Å². The summed E-state index contributed by atoms with van der Waals surface area (Å²) >= 11 is 0. The second-order valence-corrected chi connectivity index (χ2v) is 8.31. The van der Waals surface area contributed by atoms with Gasteiger partial charge >= 0.3 is 0 Å². The van der Waals surface area contributed by atoms with E-state index in [4.69, 9.17) is 0 Å². The van der Waals surface area contributed by atoms with E-state index >= 15 is 0 Å². The summed E-state index contributed by atoms with van der Waals surface area (Å²) in [4.78, 5) is 14.6. The molecule has 0 spiro atoms. The van der Waals surface area contributed by atoms with E-state index in [1.54, 1.807) is 6.26 Å². The molecular formula is C15H30N2O2S. The Morgan fingerprint density at radius 2 is 1.70 bits per heavy atom. The predicted molar refractivity (Wildman–Crippen MR) is 84.9 cm³/mol. The number of hydrogen-bond donors (Lipinski definition) is 1. The molecule has 4 nitrogen and oxygen atoms in total. The van der Waals surface area contributed by atoms with Crippen LogP contribution in [0.3, 0.4) is 0 Å². The van der Waals surface area contributed by atoms with Gasteiger partial charge in [0.25, 0.3) is 0 Å². The zero-order valence-corrected chi connectivity index (χ0v) is 14.5. The van der Waals surface area contributed by atoms with E-state index in [1.165, 1.54) is 0 Å². The molecule has 1 aliphatic heterocycles. The van der Waals surface area contributed by atoms with Gasteiger partial charge in [-0.15, -0.1) is 0 Å². The van der Waals surface area contributed by atoms with Gasteiger partial charge in [-0.3, -0.25) is 14.3 Å². The molecule has 118 valence electrons. The van der Waals surface area contributed by atoms with Crippen LogP contribution in [0.5, 0.6) is 0 Å². The molecule has 1 rings (SSSR count). The Balaban J connectivity index is 2.84. The van der Waals surface area contributed by atoms with E-state index in [1.807, 2.05) is 11.8 Å². The molecule has 1 aliphatic rings. The lowest BCUT2D eigenvalue weighted by Crippen LogP contribution is -2.46. The van der Waals surface area contributed by atoms with Crippen LogP contribution in [-0.2, 0) is 15.6 Å². The van der Waals surface area contributed by atoms with Crippen molar-refractivity contribution >= 4 is 16.7 Å². The smallest absolute Gasteiger partial charge is 0.241 e. The van der Waals surface area contributed by atoms with Gasteiger partial charge in [-0.2, -0.15) is 0 Å². The topological polar surface area (TPSA) is 49.4 Å². The maximum atomic E-state index is 12.6. The molecule has 0 aromatic rings. The number of rotatable bonds is 7. The Morgan fingerprint density at radius 3 is 2.15 bits per heavy atom. The molecular weight excluding hydrogens is 272 g/mol. The second-order valence-electron chi connectivity index (χ2n) is 6.83. The van der Waals surface area contributed by atoms with Crippen molar-refractivity contribution in [3.63, 3.8) is 0 Å². The summed E-state index contributed by atoms with van der Waals surface area (Å²) in [6.07, 6.45) is 3.60. The molecule has 1 saturated heterocycles. The van der Waals surface area contributed by atoms with E-state index in [0.29, 0.717) is 17.6 Å². The molecule has 20 heavy (non-hydrogen) atoms. The molecule has 4 atom stereocenters. The molecule has 0 aliphatic carbocycles. The Labute approximate surface area is 126 Å².